The molecule has 0 bridgehead atoms. The van der Waals surface area contributed by atoms with Gasteiger partial charge in [-0.15, -0.1) is 0 Å². The summed E-state index contributed by atoms with van der Waals surface area (Å²) in [7, 11) is 0. The van der Waals surface area contributed by atoms with Crippen LogP contribution in [-0.4, -0.2) is 24.5 Å². The summed E-state index contributed by atoms with van der Waals surface area (Å²) in [6, 6.07) is 5.95. The third-order valence-corrected chi connectivity index (χ3v) is 3.51. The van der Waals surface area contributed by atoms with Crippen LogP contribution in [0, 0.1) is 12.3 Å². The van der Waals surface area contributed by atoms with E-state index in [9.17, 15) is 0 Å². The molecule has 0 aliphatic carbocycles. The van der Waals surface area contributed by atoms with Gasteiger partial charge in [-0.3, -0.25) is 4.99 Å². The second-order valence-electron chi connectivity index (χ2n) is 7.14. The Hall–Kier alpha value is -2.96. The molecule has 1 aromatic rings. The summed E-state index contributed by atoms with van der Waals surface area (Å²) in [5.74, 6) is 0. The van der Waals surface area contributed by atoms with Crippen LogP contribution in [0.5, 0.6) is 0 Å². The zero-order valence-electron chi connectivity index (χ0n) is 15.8. The van der Waals surface area contributed by atoms with Gasteiger partial charge in [0.05, 0.1) is 23.3 Å². The standard InChI is InChI=1S/C19H27N7/c1-13-5-6-15-17(9-13)23-12-25-26-18(15)16(21)11-22-10-14(20)7-8-24-19(2,3)4/h5-9,11,20,22,24H,10,12,21H2,1-4H3/b8-7-,16-11-,20-14?. The first-order valence-electron chi connectivity index (χ1n) is 8.50. The van der Waals surface area contributed by atoms with Gasteiger partial charge in [-0.25, -0.2) is 0 Å². The highest BCUT2D eigenvalue weighted by Crippen LogP contribution is 2.06. The number of hydrogen-bond donors (Lipinski definition) is 4. The van der Waals surface area contributed by atoms with E-state index in [-0.39, 0.29) is 12.2 Å². The zero-order chi connectivity index (χ0) is 19.2. The lowest BCUT2D eigenvalue weighted by molar-refractivity contribution is 0.491. The number of fused-ring (bicyclic) bond motifs is 1. The van der Waals surface area contributed by atoms with E-state index < -0.39 is 0 Å². The van der Waals surface area contributed by atoms with Crippen molar-refractivity contribution >= 4 is 11.4 Å². The van der Waals surface area contributed by atoms with Gasteiger partial charge in [0.15, 0.2) is 6.67 Å². The van der Waals surface area contributed by atoms with Crippen molar-refractivity contribution in [2.45, 2.75) is 33.2 Å². The van der Waals surface area contributed by atoms with Crippen molar-refractivity contribution in [2.75, 3.05) is 13.2 Å². The fourth-order valence-electron chi connectivity index (χ4n) is 2.24. The topological polar surface area (TPSA) is 111 Å². The van der Waals surface area contributed by atoms with Crippen molar-refractivity contribution in [3.05, 3.63) is 58.5 Å². The Kier molecular flexibility index (Phi) is 6.27. The first kappa shape index (κ1) is 19.4. The summed E-state index contributed by atoms with van der Waals surface area (Å²) in [4.78, 5) is 4.41. The fraction of sp³-hybridized carbons (Fsp3) is 0.368. The van der Waals surface area contributed by atoms with Crippen LogP contribution in [0.2, 0.25) is 0 Å². The normalized spacial score (nSPS) is 14.6. The van der Waals surface area contributed by atoms with Gasteiger partial charge in [-0.1, -0.05) is 12.1 Å². The van der Waals surface area contributed by atoms with Crippen LogP contribution in [-0.2, 0) is 0 Å². The number of nitrogens with zero attached hydrogens (tertiary/aromatic N) is 3. The molecular weight excluding hydrogens is 326 g/mol. The van der Waals surface area contributed by atoms with Crippen LogP contribution < -0.4 is 26.9 Å². The Morgan fingerprint density at radius 1 is 1.35 bits per heavy atom. The molecule has 1 aromatic carbocycles. The zero-order valence-corrected chi connectivity index (χ0v) is 15.8. The molecule has 0 amide bonds. The van der Waals surface area contributed by atoms with E-state index in [1.54, 1.807) is 18.5 Å². The van der Waals surface area contributed by atoms with Gasteiger partial charge in [-0.2, -0.15) is 10.2 Å². The Bertz CT molecular complexity index is 870. The molecule has 0 spiro atoms. The van der Waals surface area contributed by atoms with E-state index in [2.05, 4.69) is 46.6 Å². The number of rotatable bonds is 6. The average Bonchev–Trinajstić information content (AvgIpc) is 2.75. The van der Waals surface area contributed by atoms with Crippen LogP contribution >= 0.6 is 0 Å². The Labute approximate surface area is 154 Å². The molecule has 1 aliphatic rings. The summed E-state index contributed by atoms with van der Waals surface area (Å²) >= 11 is 0. The predicted octanol–water partition coefficient (Wildman–Crippen LogP) is 1.46. The summed E-state index contributed by atoms with van der Waals surface area (Å²) in [5.41, 5.74) is 8.76. The van der Waals surface area contributed by atoms with Crippen molar-refractivity contribution in [1.29, 1.82) is 5.41 Å². The summed E-state index contributed by atoms with van der Waals surface area (Å²) < 4.78 is 0. The highest BCUT2D eigenvalue weighted by Gasteiger charge is 2.06. The fourth-order valence-corrected chi connectivity index (χ4v) is 2.24. The number of benzene rings is 1. The minimum atomic E-state index is -0.0214. The number of nitrogens with one attached hydrogen (secondary N) is 3. The molecule has 2 rings (SSSR count). The molecular formula is C19H27N7. The molecule has 0 aromatic heterocycles. The lowest BCUT2D eigenvalue weighted by Crippen LogP contribution is -2.31. The molecule has 7 heteroatoms. The van der Waals surface area contributed by atoms with Crippen LogP contribution in [0.4, 0.5) is 0 Å². The molecule has 1 heterocycles. The van der Waals surface area contributed by atoms with E-state index in [0.717, 1.165) is 16.1 Å². The summed E-state index contributed by atoms with van der Waals surface area (Å²) in [6.07, 6.45) is 5.16. The molecule has 1 aliphatic heterocycles. The van der Waals surface area contributed by atoms with Gasteiger partial charge >= 0.3 is 0 Å². The maximum Gasteiger partial charge on any atom is 0.151 e. The monoisotopic (exact) mass is 353 g/mol. The number of hydrogen-bond acceptors (Lipinski definition) is 7. The van der Waals surface area contributed by atoms with Crippen LogP contribution in [0.1, 0.15) is 26.3 Å². The van der Waals surface area contributed by atoms with Crippen molar-refractivity contribution in [1.82, 2.24) is 10.6 Å². The highest BCUT2D eigenvalue weighted by atomic mass is 15.2. The van der Waals surface area contributed by atoms with E-state index >= 15 is 0 Å². The van der Waals surface area contributed by atoms with Crippen molar-refractivity contribution < 1.29 is 0 Å². The quantitative estimate of drug-likeness (QED) is 0.581. The van der Waals surface area contributed by atoms with Crippen LogP contribution in [0.25, 0.3) is 5.70 Å². The van der Waals surface area contributed by atoms with Gasteiger partial charge in [-0.05, 0) is 51.6 Å². The van der Waals surface area contributed by atoms with Crippen LogP contribution in [0.15, 0.2) is 57.6 Å². The third kappa shape index (κ3) is 5.84. The molecule has 0 saturated heterocycles. The predicted molar refractivity (Wildman–Crippen MR) is 105 cm³/mol. The van der Waals surface area contributed by atoms with Crippen molar-refractivity contribution in [3.8, 4) is 0 Å². The van der Waals surface area contributed by atoms with Gasteiger partial charge in [0, 0.05) is 17.0 Å². The summed E-state index contributed by atoms with van der Waals surface area (Å²) in [5, 5.41) is 24.1. The molecule has 0 saturated carbocycles. The van der Waals surface area contributed by atoms with Gasteiger partial charge in [0.2, 0.25) is 0 Å². The first-order chi connectivity index (χ1) is 12.3. The molecule has 26 heavy (non-hydrogen) atoms. The Morgan fingerprint density at radius 2 is 2.12 bits per heavy atom. The smallest absolute Gasteiger partial charge is 0.151 e. The molecule has 0 radical (unpaired) electrons. The second-order valence-corrected chi connectivity index (χ2v) is 7.14. The SMILES string of the molecule is Cc1ccc2c(c1)=NCN=NC=2/C(N)=C/NCC(=N)/C=C\NC(C)(C)C. The Morgan fingerprint density at radius 3 is 2.85 bits per heavy atom. The minimum absolute atomic E-state index is 0.0214. The largest absolute Gasteiger partial charge is 0.396 e. The van der Waals surface area contributed by atoms with E-state index in [0.29, 0.717) is 23.7 Å². The van der Waals surface area contributed by atoms with Crippen LogP contribution in [0.3, 0.4) is 0 Å². The average molecular weight is 353 g/mol. The van der Waals surface area contributed by atoms with Gasteiger partial charge in [0.25, 0.3) is 0 Å². The number of aryl methyl sites for hydroxylation is 1. The molecule has 7 nitrogen and oxygen atoms in total. The van der Waals surface area contributed by atoms with Crippen molar-refractivity contribution in [2.24, 2.45) is 21.0 Å². The first-order valence-corrected chi connectivity index (χ1v) is 8.50. The lowest BCUT2D eigenvalue weighted by atomic mass is 10.1. The number of azo groups is 1. The van der Waals surface area contributed by atoms with E-state index in [4.69, 9.17) is 11.1 Å². The lowest BCUT2D eigenvalue weighted by Gasteiger charge is -2.18. The Balaban J connectivity index is 2.09. The highest BCUT2D eigenvalue weighted by molar-refractivity contribution is 5.93. The van der Waals surface area contributed by atoms with E-state index in [1.807, 2.05) is 25.1 Å². The molecule has 0 atom stereocenters. The molecule has 5 N–H and O–H groups in total. The van der Waals surface area contributed by atoms with Gasteiger partial charge in [0.1, 0.15) is 5.70 Å². The van der Waals surface area contributed by atoms with Crippen molar-refractivity contribution in [3.63, 3.8) is 0 Å². The third-order valence-electron chi connectivity index (χ3n) is 3.51. The van der Waals surface area contributed by atoms with E-state index in [1.165, 1.54) is 0 Å². The second kappa shape index (κ2) is 8.42. The summed E-state index contributed by atoms with van der Waals surface area (Å²) in [6.45, 7) is 8.85. The number of nitrogens with two attached hydrogens (primary N) is 1. The minimum Gasteiger partial charge on any atom is -0.396 e. The maximum atomic E-state index is 7.94. The molecule has 138 valence electrons. The maximum absolute atomic E-state index is 7.94. The molecule has 0 fully saturated rings. The van der Waals surface area contributed by atoms with Gasteiger partial charge < -0.3 is 21.8 Å². The molecule has 0 unspecified atom stereocenters.